The van der Waals surface area contributed by atoms with Gasteiger partial charge in [-0.2, -0.15) is 0 Å². The normalized spacial score (nSPS) is 10.8. The molecule has 0 aliphatic rings. The van der Waals surface area contributed by atoms with Gasteiger partial charge in [-0.05, 0) is 36.6 Å². The Kier molecular flexibility index (Phi) is 4.04. The number of nitrogens with two attached hydrogens (primary N) is 1. The average molecular weight is 322 g/mol. The molecule has 2 N–H and O–H groups in total. The molecule has 0 spiro atoms. The Bertz CT molecular complexity index is 599. The first-order valence-corrected chi connectivity index (χ1v) is 6.82. The molecule has 0 saturated heterocycles. The maximum Gasteiger partial charge on any atom is 0.227 e. The lowest BCUT2D eigenvalue weighted by molar-refractivity contribution is 0.449. The van der Waals surface area contributed by atoms with Crippen LogP contribution in [-0.4, -0.2) is 9.97 Å². The zero-order valence-corrected chi connectivity index (χ0v) is 12.7. The molecule has 0 bridgehead atoms. The minimum atomic E-state index is 0.354. The van der Waals surface area contributed by atoms with E-state index >= 15 is 0 Å². The van der Waals surface area contributed by atoms with E-state index in [1.165, 1.54) is 6.33 Å². The molecule has 100 valence electrons. The molecule has 5 heteroatoms. The second-order valence-electron chi connectivity index (χ2n) is 4.63. The highest BCUT2D eigenvalue weighted by molar-refractivity contribution is 9.10. The van der Waals surface area contributed by atoms with Crippen LogP contribution in [0.25, 0.3) is 0 Å². The fourth-order valence-corrected chi connectivity index (χ4v) is 2.10. The highest BCUT2D eigenvalue weighted by Gasteiger charge is 2.12. The summed E-state index contributed by atoms with van der Waals surface area (Å²) in [6, 6.07) is 5.93. The van der Waals surface area contributed by atoms with Gasteiger partial charge < -0.3 is 10.5 Å². The number of aromatic nitrogens is 2. The summed E-state index contributed by atoms with van der Waals surface area (Å²) in [5, 5.41) is 0. The van der Waals surface area contributed by atoms with Crippen LogP contribution in [0, 0.1) is 6.92 Å². The van der Waals surface area contributed by atoms with Gasteiger partial charge in [-0.15, -0.1) is 0 Å². The number of anilines is 1. The van der Waals surface area contributed by atoms with Crippen LogP contribution in [0.2, 0.25) is 0 Å². The molecular formula is C14H16BrN3O. The molecule has 0 saturated carbocycles. The first-order chi connectivity index (χ1) is 8.99. The predicted octanol–water partition coefficient (Wildman–Crippen LogP) is 4.05. The molecule has 0 amide bonds. The Morgan fingerprint density at radius 3 is 2.68 bits per heavy atom. The number of nitrogens with zero attached hydrogens (tertiary/aromatic N) is 2. The van der Waals surface area contributed by atoms with Gasteiger partial charge in [-0.3, -0.25) is 0 Å². The second kappa shape index (κ2) is 5.57. The maximum atomic E-state index is 5.89. The van der Waals surface area contributed by atoms with Gasteiger partial charge in [0.25, 0.3) is 0 Å². The minimum Gasteiger partial charge on any atom is -0.438 e. The molecule has 0 aliphatic carbocycles. The summed E-state index contributed by atoms with van der Waals surface area (Å²) >= 11 is 3.47. The lowest BCUT2D eigenvalue weighted by atomic mass is 10.0. The van der Waals surface area contributed by atoms with Crippen LogP contribution >= 0.6 is 15.9 Å². The Morgan fingerprint density at radius 2 is 2.00 bits per heavy atom. The molecule has 19 heavy (non-hydrogen) atoms. The second-order valence-corrected chi connectivity index (χ2v) is 5.54. The van der Waals surface area contributed by atoms with E-state index in [4.69, 9.17) is 10.5 Å². The summed E-state index contributed by atoms with van der Waals surface area (Å²) in [7, 11) is 0. The molecule has 0 radical (unpaired) electrons. The third-order valence-electron chi connectivity index (χ3n) is 2.88. The fraction of sp³-hybridized carbons (Fsp3) is 0.286. The Balaban J connectivity index is 2.41. The van der Waals surface area contributed by atoms with Crippen molar-refractivity contribution in [2.24, 2.45) is 0 Å². The van der Waals surface area contributed by atoms with Crippen molar-refractivity contribution in [2.75, 3.05) is 5.73 Å². The Labute approximate surface area is 121 Å². The van der Waals surface area contributed by atoms with E-state index < -0.39 is 0 Å². The summed E-state index contributed by atoms with van der Waals surface area (Å²) in [6.45, 7) is 6.09. The average Bonchev–Trinajstić information content (AvgIpc) is 2.36. The number of nitrogen functional groups attached to an aromatic ring is 1. The number of ether oxygens (including phenoxy) is 1. The largest absolute Gasteiger partial charge is 0.438 e. The summed E-state index contributed by atoms with van der Waals surface area (Å²) in [5.74, 6) is 2.08. The van der Waals surface area contributed by atoms with Gasteiger partial charge in [0, 0.05) is 4.47 Å². The molecule has 0 unspecified atom stereocenters. The molecule has 2 rings (SSSR count). The van der Waals surface area contributed by atoms with Crippen molar-refractivity contribution in [2.45, 2.75) is 26.7 Å². The smallest absolute Gasteiger partial charge is 0.227 e. The first kappa shape index (κ1) is 13.8. The van der Waals surface area contributed by atoms with Crippen molar-refractivity contribution in [3.05, 3.63) is 40.1 Å². The van der Waals surface area contributed by atoms with Gasteiger partial charge in [-0.25, -0.2) is 9.97 Å². The molecule has 1 aromatic heterocycles. The van der Waals surface area contributed by atoms with Gasteiger partial charge in [0.2, 0.25) is 5.88 Å². The summed E-state index contributed by atoms with van der Waals surface area (Å²) in [4.78, 5) is 8.06. The predicted molar refractivity (Wildman–Crippen MR) is 79.5 cm³/mol. The molecule has 1 heterocycles. The van der Waals surface area contributed by atoms with Crippen LogP contribution in [0.4, 0.5) is 5.82 Å². The quantitative estimate of drug-likeness (QED) is 0.926. The van der Waals surface area contributed by atoms with Gasteiger partial charge in [-0.1, -0.05) is 29.8 Å². The molecular weight excluding hydrogens is 306 g/mol. The molecule has 1 aromatic carbocycles. The summed E-state index contributed by atoms with van der Waals surface area (Å²) in [6.07, 6.45) is 1.41. The lowest BCUT2D eigenvalue weighted by Gasteiger charge is -2.15. The van der Waals surface area contributed by atoms with Gasteiger partial charge in [0.15, 0.2) is 0 Å². The van der Waals surface area contributed by atoms with Gasteiger partial charge in [0.1, 0.15) is 17.9 Å². The van der Waals surface area contributed by atoms with E-state index in [-0.39, 0.29) is 0 Å². The van der Waals surface area contributed by atoms with Crippen molar-refractivity contribution in [1.29, 1.82) is 0 Å². The van der Waals surface area contributed by atoms with E-state index in [0.29, 0.717) is 17.6 Å². The lowest BCUT2D eigenvalue weighted by Crippen LogP contribution is -2.01. The van der Waals surface area contributed by atoms with E-state index in [2.05, 4.69) is 45.8 Å². The number of hydrogen-bond donors (Lipinski definition) is 1. The van der Waals surface area contributed by atoms with E-state index in [0.717, 1.165) is 21.3 Å². The number of rotatable bonds is 3. The molecule has 4 nitrogen and oxygen atoms in total. The first-order valence-electron chi connectivity index (χ1n) is 6.03. The molecule has 2 aromatic rings. The van der Waals surface area contributed by atoms with Crippen molar-refractivity contribution in [3.63, 3.8) is 0 Å². The topological polar surface area (TPSA) is 61.0 Å². The molecule has 0 atom stereocenters. The van der Waals surface area contributed by atoms with Crippen LogP contribution in [-0.2, 0) is 0 Å². The molecule has 0 fully saturated rings. The number of hydrogen-bond acceptors (Lipinski definition) is 4. The Morgan fingerprint density at radius 1 is 1.26 bits per heavy atom. The third kappa shape index (κ3) is 3.04. The van der Waals surface area contributed by atoms with E-state index in [1.807, 2.05) is 19.1 Å². The number of halogens is 1. The van der Waals surface area contributed by atoms with Crippen molar-refractivity contribution in [3.8, 4) is 11.6 Å². The van der Waals surface area contributed by atoms with Crippen LogP contribution in [0.1, 0.15) is 30.9 Å². The van der Waals surface area contributed by atoms with Gasteiger partial charge >= 0.3 is 0 Å². The van der Waals surface area contributed by atoms with Gasteiger partial charge in [0.05, 0.1) is 5.56 Å². The summed E-state index contributed by atoms with van der Waals surface area (Å²) in [5.41, 5.74) is 7.62. The molecule has 0 aliphatic heterocycles. The summed E-state index contributed by atoms with van der Waals surface area (Å²) < 4.78 is 6.92. The highest BCUT2D eigenvalue weighted by atomic mass is 79.9. The van der Waals surface area contributed by atoms with Crippen LogP contribution in [0.5, 0.6) is 11.6 Å². The number of benzene rings is 1. The van der Waals surface area contributed by atoms with Crippen LogP contribution in [0.15, 0.2) is 29.0 Å². The van der Waals surface area contributed by atoms with E-state index in [9.17, 15) is 0 Å². The van der Waals surface area contributed by atoms with Crippen molar-refractivity contribution in [1.82, 2.24) is 9.97 Å². The SMILES string of the molecule is Cc1c(N)ncnc1Oc1ccc(Br)cc1C(C)C. The van der Waals surface area contributed by atoms with E-state index in [1.54, 1.807) is 0 Å². The van der Waals surface area contributed by atoms with Crippen LogP contribution < -0.4 is 10.5 Å². The zero-order chi connectivity index (χ0) is 14.0. The zero-order valence-electron chi connectivity index (χ0n) is 11.1. The van der Waals surface area contributed by atoms with Crippen molar-refractivity contribution < 1.29 is 4.74 Å². The maximum absolute atomic E-state index is 5.89. The highest BCUT2D eigenvalue weighted by Crippen LogP contribution is 2.33. The van der Waals surface area contributed by atoms with Crippen molar-refractivity contribution >= 4 is 21.7 Å². The monoisotopic (exact) mass is 321 g/mol. The Hall–Kier alpha value is -1.62. The van der Waals surface area contributed by atoms with Crippen LogP contribution in [0.3, 0.4) is 0 Å². The third-order valence-corrected chi connectivity index (χ3v) is 3.37. The fourth-order valence-electron chi connectivity index (χ4n) is 1.72. The standard InChI is InChI=1S/C14H16BrN3O/c1-8(2)11-6-10(15)4-5-12(11)19-14-9(3)13(16)17-7-18-14/h4-8H,1-3H3,(H2,16,17,18). The minimum absolute atomic E-state index is 0.354.